The van der Waals surface area contributed by atoms with Crippen molar-refractivity contribution in [1.29, 1.82) is 0 Å². The lowest BCUT2D eigenvalue weighted by Crippen LogP contribution is -2.35. The van der Waals surface area contributed by atoms with Gasteiger partial charge in [-0.05, 0) is 36.8 Å². The molecule has 0 saturated heterocycles. The molecule has 2 aromatic rings. The number of rotatable bonds is 2. The van der Waals surface area contributed by atoms with Crippen molar-refractivity contribution in [3.8, 4) is 5.75 Å². The second-order valence-electron chi connectivity index (χ2n) is 5.25. The van der Waals surface area contributed by atoms with E-state index in [1.54, 1.807) is 16.7 Å². The average molecular weight is 335 g/mol. The molecule has 0 radical (unpaired) electrons. The molecule has 0 aliphatic carbocycles. The third-order valence-electron chi connectivity index (χ3n) is 3.67. The quantitative estimate of drug-likeness (QED) is 0.830. The van der Waals surface area contributed by atoms with Crippen LogP contribution in [-0.4, -0.2) is 25.3 Å². The number of fused-ring (bicyclic) bond motifs is 1. The molecule has 0 unspecified atom stereocenters. The molecule has 1 heterocycles. The maximum Gasteiger partial charge on any atom is 0.258 e. The largest absolute Gasteiger partial charge is 0.491 e. The Hall–Kier alpha value is -2.08. The van der Waals surface area contributed by atoms with Gasteiger partial charge in [-0.1, -0.05) is 6.07 Å². The normalized spacial score (nSPS) is 13.7. The summed E-state index contributed by atoms with van der Waals surface area (Å²) in [5, 5.41) is 0. The minimum absolute atomic E-state index is 0.0285. The van der Waals surface area contributed by atoms with Crippen LogP contribution in [0.15, 0.2) is 35.2 Å². The Bertz CT molecular complexity index is 756. The monoisotopic (exact) mass is 335 g/mol. The number of methoxy groups -OCH3 is 1. The van der Waals surface area contributed by atoms with E-state index in [2.05, 4.69) is 4.74 Å². The summed E-state index contributed by atoms with van der Waals surface area (Å²) in [6, 6.07) is 7.82. The number of ether oxygens (including phenoxy) is 1. The van der Waals surface area contributed by atoms with E-state index in [4.69, 9.17) is 0 Å². The molecule has 23 heavy (non-hydrogen) atoms. The number of halogens is 2. The van der Waals surface area contributed by atoms with E-state index in [0.29, 0.717) is 6.54 Å². The van der Waals surface area contributed by atoms with Gasteiger partial charge in [-0.25, -0.2) is 8.78 Å². The van der Waals surface area contributed by atoms with Crippen molar-refractivity contribution in [3.05, 3.63) is 53.1 Å². The van der Waals surface area contributed by atoms with E-state index in [1.165, 1.54) is 7.11 Å². The van der Waals surface area contributed by atoms with E-state index >= 15 is 0 Å². The summed E-state index contributed by atoms with van der Waals surface area (Å²) in [4.78, 5) is 15.3. The zero-order valence-corrected chi connectivity index (χ0v) is 13.5. The van der Waals surface area contributed by atoms with Crippen molar-refractivity contribution in [1.82, 2.24) is 0 Å². The Kier molecular flexibility index (Phi) is 4.26. The van der Waals surface area contributed by atoms with Gasteiger partial charge in [0.2, 0.25) is 0 Å². The van der Waals surface area contributed by atoms with Crippen LogP contribution >= 0.6 is 11.8 Å². The number of aryl methyl sites for hydroxylation is 1. The predicted molar refractivity (Wildman–Crippen MR) is 86.5 cm³/mol. The Morgan fingerprint density at radius 3 is 2.57 bits per heavy atom. The van der Waals surface area contributed by atoms with Gasteiger partial charge in [0, 0.05) is 22.8 Å². The highest BCUT2D eigenvalue weighted by Crippen LogP contribution is 2.36. The molecule has 0 aromatic heterocycles. The molecule has 1 aliphatic rings. The van der Waals surface area contributed by atoms with E-state index in [1.807, 2.05) is 25.1 Å². The van der Waals surface area contributed by atoms with Crippen LogP contribution in [-0.2, 0) is 0 Å². The fourth-order valence-corrected chi connectivity index (χ4v) is 3.66. The number of carbonyl (C=O) groups is 1. The number of benzene rings is 2. The van der Waals surface area contributed by atoms with E-state index in [9.17, 15) is 13.6 Å². The Morgan fingerprint density at radius 1 is 1.22 bits per heavy atom. The molecule has 6 heteroatoms. The second-order valence-corrected chi connectivity index (χ2v) is 6.39. The van der Waals surface area contributed by atoms with Crippen LogP contribution in [0.2, 0.25) is 0 Å². The number of anilines is 1. The summed E-state index contributed by atoms with van der Waals surface area (Å²) in [5.74, 6) is -1.93. The molecule has 0 N–H and O–H groups in total. The van der Waals surface area contributed by atoms with Crippen LogP contribution in [0.1, 0.15) is 15.9 Å². The average Bonchev–Trinajstić information content (AvgIpc) is 2.53. The van der Waals surface area contributed by atoms with E-state index < -0.39 is 23.3 Å². The van der Waals surface area contributed by atoms with Crippen LogP contribution in [0.5, 0.6) is 5.75 Å². The van der Waals surface area contributed by atoms with Gasteiger partial charge >= 0.3 is 0 Å². The molecule has 0 bridgehead atoms. The first kappa shape index (κ1) is 15.8. The summed E-state index contributed by atoms with van der Waals surface area (Å²) in [6.07, 6.45) is 0. The molecule has 2 aromatic carbocycles. The zero-order chi connectivity index (χ0) is 16.6. The summed E-state index contributed by atoms with van der Waals surface area (Å²) < 4.78 is 32.3. The van der Waals surface area contributed by atoms with Crippen LogP contribution in [0.3, 0.4) is 0 Å². The fourth-order valence-electron chi connectivity index (χ4n) is 2.57. The van der Waals surface area contributed by atoms with Gasteiger partial charge in [-0.2, -0.15) is 0 Å². The third kappa shape index (κ3) is 2.91. The molecular weight excluding hydrogens is 320 g/mol. The van der Waals surface area contributed by atoms with Gasteiger partial charge in [0.1, 0.15) is 0 Å². The molecule has 3 nitrogen and oxygen atoms in total. The van der Waals surface area contributed by atoms with Crippen molar-refractivity contribution in [2.24, 2.45) is 0 Å². The highest BCUT2D eigenvalue weighted by Gasteiger charge is 2.26. The minimum Gasteiger partial charge on any atom is -0.491 e. The van der Waals surface area contributed by atoms with Crippen LogP contribution in [0.25, 0.3) is 0 Å². The van der Waals surface area contributed by atoms with Crippen molar-refractivity contribution in [2.75, 3.05) is 24.3 Å². The van der Waals surface area contributed by atoms with Gasteiger partial charge in [0.15, 0.2) is 17.4 Å². The third-order valence-corrected chi connectivity index (χ3v) is 4.70. The van der Waals surface area contributed by atoms with Gasteiger partial charge in [-0.15, -0.1) is 11.8 Å². The zero-order valence-electron chi connectivity index (χ0n) is 12.7. The molecule has 3 rings (SSSR count). The molecule has 0 spiro atoms. The molecule has 120 valence electrons. The highest BCUT2D eigenvalue weighted by atomic mass is 32.2. The lowest BCUT2D eigenvalue weighted by atomic mass is 10.1. The number of thioether (sulfide) groups is 1. The maximum atomic E-state index is 13.8. The van der Waals surface area contributed by atoms with E-state index in [0.717, 1.165) is 34.0 Å². The van der Waals surface area contributed by atoms with Crippen LogP contribution in [0.4, 0.5) is 14.5 Å². The Morgan fingerprint density at radius 2 is 1.91 bits per heavy atom. The van der Waals surface area contributed by atoms with Gasteiger partial charge in [-0.3, -0.25) is 4.79 Å². The van der Waals surface area contributed by atoms with Gasteiger partial charge in [0.05, 0.1) is 12.8 Å². The highest BCUT2D eigenvalue weighted by molar-refractivity contribution is 7.99. The van der Waals surface area contributed by atoms with Crippen molar-refractivity contribution in [2.45, 2.75) is 11.8 Å². The lowest BCUT2D eigenvalue weighted by Gasteiger charge is -2.29. The first-order valence-electron chi connectivity index (χ1n) is 7.09. The number of hydrogen-bond donors (Lipinski definition) is 0. The SMILES string of the molecule is COc1c(F)cc(C(=O)N2CCSc3cc(C)ccc32)cc1F. The molecular formula is C17H15F2NO2S. The van der Waals surface area contributed by atoms with Crippen molar-refractivity contribution < 1.29 is 18.3 Å². The predicted octanol–water partition coefficient (Wildman–Crippen LogP) is 4.03. The Balaban J connectivity index is 1.99. The van der Waals surface area contributed by atoms with Gasteiger partial charge < -0.3 is 9.64 Å². The van der Waals surface area contributed by atoms with E-state index in [-0.39, 0.29) is 5.56 Å². The maximum absolute atomic E-state index is 13.8. The van der Waals surface area contributed by atoms with Crippen LogP contribution in [0, 0.1) is 18.6 Å². The summed E-state index contributed by atoms with van der Waals surface area (Å²) >= 11 is 1.67. The minimum atomic E-state index is -0.883. The number of amides is 1. The summed E-state index contributed by atoms with van der Waals surface area (Å²) in [6.45, 7) is 2.48. The molecule has 0 atom stereocenters. The fraction of sp³-hybridized carbons (Fsp3) is 0.235. The van der Waals surface area contributed by atoms with Crippen molar-refractivity contribution in [3.63, 3.8) is 0 Å². The summed E-state index contributed by atoms with van der Waals surface area (Å²) in [7, 11) is 1.18. The molecule has 0 fully saturated rings. The molecule has 1 aliphatic heterocycles. The number of hydrogen-bond acceptors (Lipinski definition) is 3. The topological polar surface area (TPSA) is 29.5 Å². The van der Waals surface area contributed by atoms with Gasteiger partial charge in [0.25, 0.3) is 5.91 Å². The van der Waals surface area contributed by atoms with Crippen LogP contribution < -0.4 is 9.64 Å². The number of nitrogens with zero attached hydrogens (tertiary/aromatic N) is 1. The standard InChI is InChI=1S/C17H15F2NO2S/c1-10-3-4-14-15(7-10)23-6-5-20(14)17(21)11-8-12(18)16(22-2)13(19)9-11/h3-4,7-9H,5-6H2,1-2H3. The smallest absolute Gasteiger partial charge is 0.258 e. The Labute approximate surface area is 137 Å². The van der Waals surface area contributed by atoms with Crippen molar-refractivity contribution >= 4 is 23.4 Å². The lowest BCUT2D eigenvalue weighted by molar-refractivity contribution is 0.0986. The molecule has 1 amide bonds. The first-order chi connectivity index (χ1) is 11.0. The summed E-state index contributed by atoms with van der Waals surface area (Å²) in [5.41, 5.74) is 1.85. The first-order valence-corrected chi connectivity index (χ1v) is 8.08. The second kappa shape index (κ2) is 6.20. The molecule has 0 saturated carbocycles. The number of carbonyl (C=O) groups excluding carboxylic acids is 1.